The zero-order valence-corrected chi connectivity index (χ0v) is 18.9. The van der Waals surface area contributed by atoms with E-state index in [0.29, 0.717) is 44.2 Å². The largest absolute Gasteiger partial charge is 0.478 e. The third-order valence-corrected chi connectivity index (χ3v) is 5.42. The highest BCUT2D eigenvalue weighted by Gasteiger charge is 2.29. The molecular weight excluding hydrogens is 434 g/mol. The molecular formula is C20H27N7O6. The lowest BCUT2D eigenvalue weighted by atomic mass is 10.2. The van der Waals surface area contributed by atoms with E-state index in [2.05, 4.69) is 15.5 Å². The van der Waals surface area contributed by atoms with Gasteiger partial charge in [-0.25, -0.2) is 9.59 Å². The van der Waals surface area contributed by atoms with E-state index in [1.165, 1.54) is 22.6 Å². The van der Waals surface area contributed by atoms with Crippen LogP contribution in [0.25, 0.3) is 0 Å². The average molecular weight is 461 g/mol. The number of rotatable bonds is 6. The summed E-state index contributed by atoms with van der Waals surface area (Å²) in [5.41, 5.74) is 0.502. The number of carbonyl (C=O) groups excluding carboxylic acids is 3. The van der Waals surface area contributed by atoms with Crippen LogP contribution in [0.4, 0.5) is 10.5 Å². The SMILES string of the molecule is CCOC(=O)N1CCN(C(=O)C(C)n2cc(NC(=O)c3c(C(=O)O)cnn3C)c(C)n2)CC1. The third-order valence-electron chi connectivity index (χ3n) is 5.42. The van der Waals surface area contributed by atoms with Crippen molar-refractivity contribution >= 4 is 29.6 Å². The zero-order chi connectivity index (χ0) is 24.3. The third kappa shape index (κ3) is 4.96. The van der Waals surface area contributed by atoms with Crippen molar-refractivity contribution in [1.82, 2.24) is 29.4 Å². The van der Waals surface area contributed by atoms with Crippen LogP contribution in [0.15, 0.2) is 12.4 Å². The van der Waals surface area contributed by atoms with Gasteiger partial charge in [-0.2, -0.15) is 10.2 Å². The van der Waals surface area contributed by atoms with Crippen molar-refractivity contribution in [3.05, 3.63) is 29.3 Å². The Balaban J connectivity index is 1.67. The Morgan fingerprint density at radius 2 is 1.82 bits per heavy atom. The summed E-state index contributed by atoms with van der Waals surface area (Å²) >= 11 is 0. The molecule has 2 N–H and O–H groups in total. The molecule has 1 atom stereocenters. The summed E-state index contributed by atoms with van der Waals surface area (Å²) in [6.45, 7) is 6.93. The highest BCUT2D eigenvalue weighted by Crippen LogP contribution is 2.20. The van der Waals surface area contributed by atoms with Gasteiger partial charge in [-0.3, -0.25) is 19.0 Å². The number of piperazine rings is 1. The lowest BCUT2D eigenvalue weighted by Gasteiger charge is -2.35. The zero-order valence-electron chi connectivity index (χ0n) is 18.9. The summed E-state index contributed by atoms with van der Waals surface area (Å²) in [6, 6.07) is -0.644. The maximum absolute atomic E-state index is 13.0. The average Bonchev–Trinajstić information content (AvgIpc) is 3.35. The van der Waals surface area contributed by atoms with Crippen molar-refractivity contribution in [2.75, 3.05) is 38.1 Å². The first-order valence-corrected chi connectivity index (χ1v) is 10.5. The van der Waals surface area contributed by atoms with Crippen LogP contribution in [0.2, 0.25) is 0 Å². The molecule has 0 aliphatic carbocycles. The number of carbonyl (C=O) groups is 4. The van der Waals surface area contributed by atoms with Gasteiger partial charge in [0.15, 0.2) is 0 Å². The number of carboxylic acids is 1. The van der Waals surface area contributed by atoms with E-state index in [4.69, 9.17) is 4.74 Å². The van der Waals surface area contributed by atoms with Crippen LogP contribution >= 0.6 is 0 Å². The molecule has 1 fully saturated rings. The van der Waals surface area contributed by atoms with E-state index < -0.39 is 17.9 Å². The van der Waals surface area contributed by atoms with Gasteiger partial charge in [0.1, 0.15) is 17.3 Å². The number of aromatic nitrogens is 4. The molecule has 0 bridgehead atoms. The van der Waals surface area contributed by atoms with Crippen LogP contribution < -0.4 is 5.32 Å². The van der Waals surface area contributed by atoms with Gasteiger partial charge >= 0.3 is 12.1 Å². The lowest BCUT2D eigenvalue weighted by Crippen LogP contribution is -2.52. The number of hydrogen-bond donors (Lipinski definition) is 2. The second-order valence-electron chi connectivity index (χ2n) is 7.59. The molecule has 13 heteroatoms. The van der Waals surface area contributed by atoms with E-state index in [0.717, 1.165) is 6.20 Å². The van der Waals surface area contributed by atoms with Crippen LogP contribution in [0.1, 0.15) is 46.4 Å². The molecule has 3 amide bonds. The van der Waals surface area contributed by atoms with Crippen LogP contribution in [0.3, 0.4) is 0 Å². The van der Waals surface area contributed by atoms with E-state index in [1.54, 1.807) is 30.6 Å². The molecule has 1 aliphatic rings. The summed E-state index contributed by atoms with van der Waals surface area (Å²) in [5, 5.41) is 20.1. The summed E-state index contributed by atoms with van der Waals surface area (Å²) in [4.78, 5) is 52.0. The number of aryl methyl sites for hydroxylation is 2. The van der Waals surface area contributed by atoms with Crippen molar-refractivity contribution in [2.24, 2.45) is 7.05 Å². The minimum absolute atomic E-state index is 0.0988. The van der Waals surface area contributed by atoms with Gasteiger partial charge in [0, 0.05) is 39.4 Å². The van der Waals surface area contributed by atoms with Crippen molar-refractivity contribution in [1.29, 1.82) is 0 Å². The van der Waals surface area contributed by atoms with Gasteiger partial charge in [0.25, 0.3) is 5.91 Å². The summed E-state index contributed by atoms with van der Waals surface area (Å²) in [5.74, 6) is -2.08. The molecule has 13 nitrogen and oxygen atoms in total. The first-order valence-electron chi connectivity index (χ1n) is 10.5. The van der Waals surface area contributed by atoms with Gasteiger partial charge in [0.05, 0.1) is 24.2 Å². The molecule has 2 aromatic heterocycles. The Morgan fingerprint density at radius 3 is 2.42 bits per heavy atom. The molecule has 3 rings (SSSR count). The molecule has 2 aromatic rings. The highest BCUT2D eigenvalue weighted by molar-refractivity contribution is 6.09. The second kappa shape index (κ2) is 9.71. The summed E-state index contributed by atoms with van der Waals surface area (Å²) in [7, 11) is 1.47. The number of amides is 3. The maximum atomic E-state index is 13.0. The van der Waals surface area contributed by atoms with Crippen LogP contribution in [-0.4, -0.2) is 91.1 Å². The second-order valence-corrected chi connectivity index (χ2v) is 7.59. The smallest absolute Gasteiger partial charge is 0.409 e. The van der Waals surface area contributed by atoms with E-state index in [-0.39, 0.29) is 23.3 Å². The highest BCUT2D eigenvalue weighted by atomic mass is 16.6. The standard InChI is InChI=1S/C20H27N7O6/c1-5-33-20(32)26-8-6-25(7-9-26)18(29)13(3)27-11-15(12(2)23-27)22-17(28)16-14(19(30)31)10-21-24(16)4/h10-11,13H,5-9H2,1-4H3,(H,22,28)(H,30,31). The van der Waals surface area contributed by atoms with Gasteiger partial charge in [-0.05, 0) is 20.8 Å². The van der Waals surface area contributed by atoms with E-state index in [1.807, 2.05) is 0 Å². The molecule has 0 radical (unpaired) electrons. The Morgan fingerprint density at radius 1 is 1.18 bits per heavy atom. The fourth-order valence-corrected chi connectivity index (χ4v) is 3.55. The van der Waals surface area contributed by atoms with Crippen molar-refractivity contribution in [3.63, 3.8) is 0 Å². The lowest BCUT2D eigenvalue weighted by molar-refractivity contribution is -0.136. The molecule has 0 spiro atoms. The number of ether oxygens (including phenoxy) is 1. The van der Waals surface area contributed by atoms with Crippen molar-refractivity contribution in [2.45, 2.75) is 26.8 Å². The van der Waals surface area contributed by atoms with Crippen molar-refractivity contribution < 1.29 is 29.0 Å². The fourth-order valence-electron chi connectivity index (χ4n) is 3.55. The van der Waals surface area contributed by atoms with Gasteiger partial charge in [-0.15, -0.1) is 0 Å². The summed E-state index contributed by atoms with van der Waals surface area (Å²) in [6.07, 6.45) is 2.25. The van der Waals surface area contributed by atoms with E-state index >= 15 is 0 Å². The molecule has 1 saturated heterocycles. The Hall–Kier alpha value is -3.90. The number of aromatic carboxylic acids is 1. The molecule has 3 heterocycles. The fraction of sp³-hybridized carbons (Fsp3) is 0.500. The molecule has 0 saturated carbocycles. The first kappa shape index (κ1) is 23.8. The minimum Gasteiger partial charge on any atom is -0.478 e. The minimum atomic E-state index is -1.26. The topological polar surface area (TPSA) is 152 Å². The number of carboxylic acid groups (broad SMARTS) is 1. The summed E-state index contributed by atoms with van der Waals surface area (Å²) < 4.78 is 7.62. The maximum Gasteiger partial charge on any atom is 0.409 e. The molecule has 178 valence electrons. The molecule has 1 unspecified atom stereocenters. The number of hydrogen-bond acceptors (Lipinski definition) is 7. The van der Waals surface area contributed by atoms with Gasteiger partial charge < -0.3 is 25.0 Å². The van der Waals surface area contributed by atoms with Gasteiger partial charge in [-0.1, -0.05) is 0 Å². The predicted octanol–water partition coefficient (Wildman–Crippen LogP) is 0.737. The monoisotopic (exact) mass is 461 g/mol. The Bertz CT molecular complexity index is 1070. The van der Waals surface area contributed by atoms with E-state index in [9.17, 15) is 24.3 Å². The van der Waals surface area contributed by atoms with Crippen LogP contribution in [0, 0.1) is 6.92 Å². The quantitative estimate of drug-likeness (QED) is 0.639. The number of anilines is 1. The predicted molar refractivity (Wildman–Crippen MR) is 115 cm³/mol. The Labute approximate surface area is 189 Å². The number of nitrogens with one attached hydrogen (secondary N) is 1. The normalized spacial score (nSPS) is 14.7. The van der Waals surface area contributed by atoms with Crippen LogP contribution in [0.5, 0.6) is 0 Å². The number of nitrogens with zero attached hydrogens (tertiary/aromatic N) is 6. The molecule has 1 aliphatic heterocycles. The molecule has 33 heavy (non-hydrogen) atoms. The Kier molecular flexibility index (Phi) is 6.99. The van der Waals surface area contributed by atoms with Crippen LogP contribution in [-0.2, 0) is 16.6 Å². The van der Waals surface area contributed by atoms with Gasteiger partial charge in [0.2, 0.25) is 5.91 Å². The first-order chi connectivity index (χ1) is 15.6. The van der Waals surface area contributed by atoms with Crippen molar-refractivity contribution in [3.8, 4) is 0 Å². The molecule has 0 aromatic carbocycles.